The molecule has 1 aromatic rings. The Bertz CT molecular complexity index is 476. The Hall–Kier alpha value is -2.12. The van der Waals surface area contributed by atoms with Crippen molar-refractivity contribution >= 4 is 11.8 Å². The van der Waals surface area contributed by atoms with Crippen LogP contribution in [0.4, 0.5) is 0 Å². The number of carbonyl (C=O) groups is 2. The molecule has 1 aromatic carbocycles. The lowest BCUT2D eigenvalue weighted by Crippen LogP contribution is -2.30. The number of rotatable bonds is 1. The maximum Gasteiger partial charge on any atom is 0.262 e. The maximum absolute atomic E-state index is 11.8. The SMILES string of the molecule is NCC#CCN1C(=O)c2ccccc2C1=O. The third-order valence-corrected chi connectivity index (χ3v) is 2.34. The van der Waals surface area contributed by atoms with Gasteiger partial charge in [-0.3, -0.25) is 14.5 Å². The second-order valence-corrected chi connectivity index (χ2v) is 3.30. The van der Waals surface area contributed by atoms with E-state index in [1.54, 1.807) is 24.3 Å². The molecule has 2 N–H and O–H groups in total. The van der Waals surface area contributed by atoms with E-state index >= 15 is 0 Å². The lowest BCUT2D eigenvalue weighted by molar-refractivity contribution is 0.0675. The molecule has 16 heavy (non-hydrogen) atoms. The highest BCUT2D eigenvalue weighted by Crippen LogP contribution is 2.21. The molecule has 1 aliphatic rings. The predicted octanol–water partition coefficient (Wildman–Crippen LogP) is 0.245. The fourth-order valence-electron chi connectivity index (χ4n) is 1.59. The Balaban J connectivity index is 2.28. The average molecular weight is 214 g/mol. The molecule has 4 nitrogen and oxygen atoms in total. The molecule has 1 heterocycles. The molecule has 1 aliphatic heterocycles. The van der Waals surface area contributed by atoms with E-state index in [-0.39, 0.29) is 24.9 Å². The van der Waals surface area contributed by atoms with Crippen LogP contribution in [0.15, 0.2) is 24.3 Å². The molecule has 0 saturated carbocycles. The highest BCUT2D eigenvalue weighted by molar-refractivity contribution is 6.21. The smallest absolute Gasteiger partial charge is 0.262 e. The molecule has 0 aliphatic carbocycles. The number of imide groups is 1. The number of nitrogens with zero attached hydrogens (tertiary/aromatic N) is 1. The molecule has 0 fully saturated rings. The zero-order chi connectivity index (χ0) is 11.5. The van der Waals surface area contributed by atoms with Crippen LogP contribution in [0.1, 0.15) is 20.7 Å². The van der Waals surface area contributed by atoms with Crippen molar-refractivity contribution in [1.29, 1.82) is 0 Å². The van der Waals surface area contributed by atoms with Crippen molar-refractivity contribution in [3.05, 3.63) is 35.4 Å². The monoisotopic (exact) mass is 214 g/mol. The number of benzene rings is 1. The minimum Gasteiger partial charge on any atom is -0.320 e. The van der Waals surface area contributed by atoms with Gasteiger partial charge in [-0.1, -0.05) is 24.0 Å². The summed E-state index contributed by atoms with van der Waals surface area (Å²) in [5.74, 6) is 4.74. The number of amides is 2. The average Bonchev–Trinajstić information content (AvgIpc) is 2.55. The van der Waals surface area contributed by atoms with Crippen molar-refractivity contribution in [3.63, 3.8) is 0 Å². The fraction of sp³-hybridized carbons (Fsp3) is 0.167. The third-order valence-electron chi connectivity index (χ3n) is 2.34. The lowest BCUT2D eigenvalue weighted by atomic mass is 10.1. The summed E-state index contributed by atoms with van der Waals surface area (Å²) in [6.45, 7) is 0.326. The van der Waals surface area contributed by atoms with Crippen LogP contribution in [-0.2, 0) is 0 Å². The van der Waals surface area contributed by atoms with E-state index in [0.29, 0.717) is 11.1 Å². The van der Waals surface area contributed by atoms with Gasteiger partial charge in [0, 0.05) is 0 Å². The van der Waals surface area contributed by atoms with Gasteiger partial charge >= 0.3 is 0 Å². The molecule has 0 atom stereocenters. The standard InChI is InChI=1S/C12H10N2O2/c13-7-3-4-8-14-11(15)9-5-1-2-6-10(9)12(14)16/h1-2,5-6H,7-8,13H2. The van der Waals surface area contributed by atoms with Crippen molar-refractivity contribution in [2.24, 2.45) is 5.73 Å². The van der Waals surface area contributed by atoms with Crippen LogP contribution in [0.2, 0.25) is 0 Å². The molecule has 2 amide bonds. The third kappa shape index (κ3) is 1.58. The molecule has 80 valence electrons. The first kappa shape index (κ1) is 10.4. The van der Waals surface area contributed by atoms with Crippen LogP contribution in [0.25, 0.3) is 0 Å². The summed E-state index contributed by atoms with van der Waals surface area (Å²) >= 11 is 0. The summed E-state index contributed by atoms with van der Waals surface area (Å²) in [6, 6.07) is 6.76. The van der Waals surface area contributed by atoms with Crippen LogP contribution in [0.3, 0.4) is 0 Å². The zero-order valence-electron chi connectivity index (χ0n) is 8.56. The molecule has 0 bridgehead atoms. The molecular weight excluding hydrogens is 204 g/mol. The second-order valence-electron chi connectivity index (χ2n) is 3.30. The van der Waals surface area contributed by atoms with Crippen molar-refractivity contribution in [2.45, 2.75) is 0 Å². The summed E-state index contributed by atoms with van der Waals surface area (Å²) in [4.78, 5) is 24.7. The van der Waals surface area contributed by atoms with Gasteiger partial charge in [0.1, 0.15) is 0 Å². The first-order chi connectivity index (χ1) is 7.75. The number of nitrogens with two attached hydrogens (primary N) is 1. The van der Waals surface area contributed by atoms with Gasteiger partial charge in [-0.15, -0.1) is 0 Å². The van der Waals surface area contributed by atoms with Crippen LogP contribution >= 0.6 is 0 Å². The van der Waals surface area contributed by atoms with Crippen LogP contribution in [-0.4, -0.2) is 29.8 Å². The van der Waals surface area contributed by atoms with Gasteiger partial charge in [0.15, 0.2) is 0 Å². The summed E-state index contributed by atoms with van der Waals surface area (Å²) in [6.07, 6.45) is 0. The van der Waals surface area contributed by atoms with Crippen LogP contribution in [0.5, 0.6) is 0 Å². The highest BCUT2D eigenvalue weighted by atomic mass is 16.2. The maximum atomic E-state index is 11.8. The van der Waals surface area contributed by atoms with Gasteiger partial charge in [0.25, 0.3) is 11.8 Å². The summed E-state index contributed by atoms with van der Waals surface area (Å²) in [5.41, 5.74) is 6.10. The van der Waals surface area contributed by atoms with Crippen LogP contribution in [0, 0.1) is 11.8 Å². The quantitative estimate of drug-likeness (QED) is 0.538. The molecule has 0 spiro atoms. The second kappa shape index (κ2) is 4.17. The Labute approximate surface area is 93.0 Å². The van der Waals surface area contributed by atoms with Gasteiger partial charge in [-0.25, -0.2) is 0 Å². The minimum absolute atomic E-state index is 0.101. The van der Waals surface area contributed by atoms with E-state index in [2.05, 4.69) is 11.8 Å². The Morgan fingerprint density at radius 3 is 2.12 bits per heavy atom. The Kier molecular flexibility index (Phi) is 2.71. The van der Waals surface area contributed by atoms with Gasteiger partial charge in [0.05, 0.1) is 24.2 Å². The first-order valence-electron chi connectivity index (χ1n) is 4.86. The number of hydrogen-bond acceptors (Lipinski definition) is 3. The molecule has 0 saturated heterocycles. The van der Waals surface area contributed by atoms with E-state index in [0.717, 1.165) is 4.90 Å². The predicted molar refractivity (Wildman–Crippen MR) is 58.6 cm³/mol. The molecule has 0 unspecified atom stereocenters. The van der Waals surface area contributed by atoms with E-state index in [9.17, 15) is 9.59 Å². The van der Waals surface area contributed by atoms with E-state index in [4.69, 9.17) is 5.73 Å². The molecular formula is C12H10N2O2. The number of fused-ring (bicyclic) bond motifs is 1. The van der Waals surface area contributed by atoms with E-state index < -0.39 is 0 Å². The van der Waals surface area contributed by atoms with Gasteiger partial charge < -0.3 is 5.73 Å². The lowest BCUT2D eigenvalue weighted by Gasteiger charge is -2.08. The van der Waals surface area contributed by atoms with Crippen molar-refractivity contribution in [1.82, 2.24) is 4.90 Å². The zero-order valence-corrected chi connectivity index (χ0v) is 8.56. The topological polar surface area (TPSA) is 63.4 Å². The highest BCUT2D eigenvalue weighted by Gasteiger charge is 2.34. The fourth-order valence-corrected chi connectivity index (χ4v) is 1.59. The van der Waals surface area contributed by atoms with E-state index in [1.165, 1.54) is 0 Å². The largest absolute Gasteiger partial charge is 0.320 e. The van der Waals surface area contributed by atoms with Gasteiger partial charge in [0.2, 0.25) is 0 Å². The van der Waals surface area contributed by atoms with Gasteiger partial charge in [-0.05, 0) is 12.1 Å². The van der Waals surface area contributed by atoms with Crippen molar-refractivity contribution in [2.75, 3.05) is 13.1 Å². The molecule has 0 aromatic heterocycles. The van der Waals surface area contributed by atoms with E-state index in [1.807, 2.05) is 0 Å². The summed E-state index contributed by atoms with van der Waals surface area (Å²) in [5, 5.41) is 0. The van der Waals surface area contributed by atoms with Crippen molar-refractivity contribution in [3.8, 4) is 11.8 Å². The van der Waals surface area contributed by atoms with Gasteiger partial charge in [-0.2, -0.15) is 0 Å². The summed E-state index contributed by atoms with van der Waals surface area (Å²) in [7, 11) is 0. The normalized spacial score (nSPS) is 13.4. The molecule has 4 heteroatoms. The van der Waals surface area contributed by atoms with Crippen molar-refractivity contribution < 1.29 is 9.59 Å². The minimum atomic E-state index is -0.285. The number of carbonyl (C=O) groups excluding carboxylic acids is 2. The molecule has 0 radical (unpaired) electrons. The Morgan fingerprint density at radius 2 is 1.62 bits per heavy atom. The Morgan fingerprint density at radius 1 is 1.06 bits per heavy atom. The summed E-state index contributed by atoms with van der Waals surface area (Å²) < 4.78 is 0. The molecule has 2 rings (SSSR count). The first-order valence-corrected chi connectivity index (χ1v) is 4.86. The van der Waals surface area contributed by atoms with Crippen LogP contribution < -0.4 is 5.73 Å². The number of hydrogen-bond donors (Lipinski definition) is 1.